The summed E-state index contributed by atoms with van der Waals surface area (Å²) in [5.41, 5.74) is -0.904. The van der Waals surface area contributed by atoms with Crippen molar-refractivity contribution in [1.29, 1.82) is 0 Å². The van der Waals surface area contributed by atoms with E-state index in [-0.39, 0.29) is 12.4 Å². The number of allylic oxidation sites excluding steroid dienone is 4. The Balaban J connectivity index is 2.63. The highest BCUT2D eigenvalue weighted by Crippen LogP contribution is 2.26. The first-order valence-corrected chi connectivity index (χ1v) is 5.65. The quantitative estimate of drug-likeness (QED) is 0.742. The van der Waals surface area contributed by atoms with Crippen molar-refractivity contribution in [3.63, 3.8) is 0 Å². The van der Waals surface area contributed by atoms with Crippen molar-refractivity contribution in [2.24, 2.45) is 0 Å². The summed E-state index contributed by atoms with van der Waals surface area (Å²) in [6.45, 7) is 3.74. The van der Waals surface area contributed by atoms with Gasteiger partial charge in [0, 0.05) is 12.7 Å². The number of aliphatic hydroxyl groups excluding tert-OH is 1. The van der Waals surface area contributed by atoms with Crippen LogP contribution in [0.2, 0.25) is 0 Å². The van der Waals surface area contributed by atoms with Crippen LogP contribution in [0.3, 0.4) is 0 Å². The van der Waals surface area contributed by atoms with Crippen LogP contribution in [0.4, 0.5) is 0 Å². The topological polar surface area (TPSA) is 46.5 Å². The van der Waals surface area contributed by atoms with E-state index in [4.69, 9.17) is 9.84 Å². The van der Waals surface area contributed by atoms with Crippen molar-refractivity contribution in [2.45, 2.75) is 25.9 Å². The minimum atomic E-state index is -0.904. The minimum Gasteiger partial charge on any atom is -0.475 e. The fraction of sp³-hybridized carbons (Fsp3) is 0.357. The van der Waals surface area contributed by atoms with Crippen LogP contribution in [0.25, 0.3) is 0 Å². The first-order valence-electron chi connectivity index (χ1n) is 5.65. The molecule has 17 heavy (non-hydrogen) atoms. The third-order valence-corrected chi connectivity index (χ3v) is 2.38. The minimum absolute atomic E-state index is 0.0580. The van der Waals surface area contributed by atoms with Gasteiger partial charge in [-0.25, -0.2) is 0 Å². The van der Waals surface area contributed by atoms with Gasteiger partial charge in [0.15, 0.2) is 5.60 Å². The number of rotatable bonds is 5. The van der Waals surface area contributed by atoms with Crippen LogP contribution >= 0.6 is 0 Å². The number of carbonyl (C=O) groups excluding carboxylic acids is 1. The number of ketones is 1. The van der Waals surface area contributed by atoms with Crippen molar-refractivity contribution in [3.8, 4) is 0 Å². The molecule has 0 bridgehead atoms. The van der Waals surface area contributed by atoms with Gasteiger partial charge in [-0.3, -0.25) is 4.79 Å². The summed E-state index contributed by atoms with van der Waals surface area (Å²) < 4.78 is 5.56. The third kappa shape index (κ3) is 3.71. The maximum Gasteiger partial charge on any atom is 0.206 e. The zero-order chi connectivity index (χ0) is 12.7. The Labute approximate surface area is 102 Å². The lowest BCUT2D eigenvalue weighted by Crippen LogP contribution is -2.29. The Morgan fingerprint density at radius 2 is 2.24 bits per heavy atom. The lowest BCUT2D eigenvalue weighted by atomic mass is 10.0. The second-order valence-electron chi connectivity index (χ2n) is 3.92. The molecule has 1 aliphatic rings. The summed E-state index contributed by atoms with van der Waals surface area (Å²) in [5, 5.41) is 8.59. The first-order chi connectivity index (χ1) is 8.12. The number of carbonyl (C=O) groups is 1. The summed E-state index contributed by atoms with van der Waals surface area (Å²) in [7, 11) is 0. The zero-order valence-corrected chi connectivity index (χ0v) is 10.2. The Morgan fingerprint density at radius 1 is 1.47 bits per heavy atom. The van der Waals surface area contributed by atoms with E-state index >= 15 is 0 Å². The predicted molar refractivity (Wildman–Crippen MR) is 67.4 cm³/mol. The van der Waals surface area contributed by atoms with Crippen molar-refractivity contribution in [3.05, 3.63) is 48.3 Å². The molecule has 0 radical (unpaired) electrons. The lowest BCUT2D eigenvalue weighted by Gasteiger charge is -2.18. The first kappa shape index (κ1) is 13.5. The monoisotopic (exact) mass is 234 g/mol. The van der Waals surface area contributed by atoms with Crippen LogP contribution in [0.5, 0.6) is 0 Å². The second kappa shape index (κ2) is 6.21. The van der Waals surface area contributed by atoms with Gasteiger partial charge in [-0.2, -0.15) is 0 Å². The maximum atomic E-state index is 11.8. The van der Waals surface area contributed by atoms with Crippen LogP contribution in [0, 0.1) is 0 Å². The summed E-state index contributed by atoms with van der Waals surface area (Å²) in [4.78, 5) is 11.8. The van der Waals surface area contributed by atoms with Crippen molar-refractivity contribution in [2.75, 3.05) is 6.61 Å². The van der Waals surface area contributed by atoms with E-state index in [0.29, 0.717) is 12.2 Å². The molecule has 1 aliphatic heterocycles. The second-order valence-corrected chi connectivity index (χ2v) is 3.92. The molecule has 1 rings (SSSR count). The van der Waals surface area contributed by atoms with Crippen LogP contribution in [-0.2, 0) is 9.53 Å². The van der Waals surface area contributed by atoms with Crippen molar-refractivity contribution in [1.82, 2.24) is 0 Å². The van der Waals surface area contributed by atoms with Gasteiger partial charge < -0.3 is 9.84 Å². The molecule has 92 valence electrons. The molecule has 1 N–H and O–H groups in total. The van der Waals surface area contributed by atoms with Crippen molar-refractivity contribution >= 4 is 5.78 Å². The number of hydrogen-bond acceptors (Lipinski definition) is 3. The van der Waals surface area contributed by atoms with Crippen molar-refractivity contribution < 1.29 is 14.6 Å². The summed E-state index contributed by atoms with van der Waals surface area (Å²) in [5.74, 6) is 0.529. The van der Waals surface area contributed by atoms with Gasteiger partial charge in [0.1, 0.15) is 5.76 Å². The van der Waals surface area contributed by atoms with Gasteiger partial charge in [-0.15, -0.1) is 0 Å². The summed E-state index contributed by atoms with van der Waals surface area (Å²) in [6.07, 6.45) is 12.8. The molecule has 0 saturated heterocycles. The van der Waals surface area contributed by atoms with E-state index in [2.05, 4.69) is 0 Å². The Hall–Kier alpha value is -1.61. The molecule has 1 heterocycles. The van der Waals surface area contributed by atoms with Gasteiger partial charge in [0.05, 0.1) is 0 Å². The average Bonchev–Trinajstić information content (AvgIpc) is 2.55. The fourth-order valence-electron chi connectivity index (χ4n) is 1.45. The number of aliphatic hydroxyl groups is 1. The summed E-state index contributed by atoms with van der Waals surface area (Å²) >= 11 is 0. The van der Waals surface area contributed by atoms with Crippen LogP contribution in [-0.4, -0.2) is 23.1 Å². The van der Waals surface area contributed by atoms with Crippen LogP contribution in [0.15, 0.2) is 48.3 Å². The predicted octanol–water partition coefficient (Wildman–Crippen LogP) is 2.30. The van der Waals surface area contributed by atoms with Gasteiger partial charge in [0.25, 0.3) is 0 Å². The summed E-state index contributed by atoms with van der Waals surface area (Å²) in [6, 6.07) is 0. The normalized spacial score (nSPS) is 25.1. The van der Waals surface area contributed by atoms with E-state index in [1.54, 1.807) is 31.2 Å². The maximum absolute atomic E-state index is 11.8. The van der Waals surface area contributed by atoms with E-state index in [9.17, 15) is 4.79 Å². The van der Waals surface area contributed by atoms with Gasteiger partial charge in [-0.05, 0) is 32.4 Å². The Bertz CT molecular complexity index is 388. The third-order valence-electron chi connectivity index (χ3n) is 2.38. The van der Waals surface area contributed by atoms with E-state index in [1.807, 2.05) is 19.1 Å². The molecule has 0 aliphatic carbocycles. The van der Waals surface area contributed by atoms with E-state index in [0.717, 1.165) is 0 Å². The molecule has 0 unspecified atom stereocenters. The Kier molecular flexibility index (Phi) is 4.91. The highest BCUT2D eigenvalue weighted by atomic mass is 16.5. The largest absolute Gasteiger partial charge is 0.475 e. The van der Waals surface area contributed by atoms with Gasteiger partial charge in [0.2, 0.25) is 5.78 Å². The fourth-order valence-corrected chi connectivity index (χ4v) is 1.45. The van der Waals surface area contributed by atoms with Crippen LogP contribution < -0.4 is 0 Å². The smallest absolute Gasteiger partial charge is 0.206 e. The number of ether oxygens (including phenoxy) is 1. The Morgan fingerprint density at radius 3 is 2.88 bits per heavy atom. The molecule has 0 amide bonds. The SMILES string of the molecule is C/C=C/C1=CC(=O)[C@](C)(/C=C/C=C/CCO)O1. The molecule has 0 fully saturated rings. The molecule has 0 aromatic carbocycles. The molecule has 0 aromatic heterocycles. The molecule has 3 heteroatoms. The van der Waals surface area contributed by atoms with E-state index < -0.39 is 5.60 Å². The molecular weight excluding hydrogens is 216 g/mol. The highest BCUT2D eigenvalue weighted by molar-refractivity contribution is 6.01. The standard InChI is InChI=1S/C14H18O3/c1-3-8-12-11-13(16)14(2,17-12)9-6-4-5-7-10-15/h3-6,8-9,11,15H,7,10H2,1-2H3/b5-4+,8-3+,9-6+/t14-/m0/s1. The molecule has 3 nitrogen and oxygen atoms in total. The molecule has 0 spiro atoms. The van der Waals surface area contributed by atoms with Gasteiger partial charge in [-0.1, -0.05) is 24.3 Å². The number of hydrogen-bond donors (Lipinski definition) is 1. The molecule has 1 atom stereocenters. The lowest BCUT2D eigenvalue weighted by molar-refractivity contribution is -0.124. The molecule has 0 saturated carbocycles. The average molecular weight is 234 g/mol. The molecular formula is C14H18O3. The molecule has 0 aromatic rings. The zero-order valence-electron chi connectivity index (χ0n) is 10.2. The highest BCUT2D eigenvalue weighted by Gasteiger charge is 2.36. The van der Waals surface area contributed by atoms with Gasteiger partial charge >= 0.3 is 0 Å². The van der Waals surface area contributed by atoms with Crippen LogP contribution in [0.1, 0.15) is 20.3 Å². The van der Waals surface area contributed by atoms with E-state index in [1.165, 1.54) is 6.08 Å².